The molecule has 0 aromatic rings. The number of carbonyl (C=O) groups excluding carboxylic acids is 4. The van der Waals surface area contributed by atoms with Crippen LogP contribution in [0, 0.1) is 0 Å². The zero-order valence-corrected chi connectivity index (χ0v) is 14.2. The summed E-state index contributed by atoms with van der Waals surface area (Å²) in [5, 5.41) is 0. The molecule has 0 bridgehead atoms. The lowest BCUT2D eigenvalue weighted by Crippen LogP contribution is -2.25. The molecule has 0 aliphatic carbocycles. The first kappa shape index (κ1) is 21.4. The Morgan fingerprint density at radius 1 is 0.917 bits per heavy atom. The average Bonchev–Trinajstić information content (AvgIpc) is 2.48. The van der Waals surface area contributed by atoms with E-state index in [2.05, 4.69) is 0 Å². The summed E-state index contributed by atoms with van der Waals surface area (Å²) < 4.78 is 19.4. The van der Waals surface area contributed by atoms with Gasteiger partial charge in [-0.3, -0.25) is 9.59 Å². The lowest BCUT2D eigenvalue weighted by molar-refractivity contribution is -0.147. The van der Waals surface area contributed by atoms with Crippen molar-refractivity contribution in [1.29, 1.82) is 0 Å². The third-order valence-corrected chi connectivity index (χ3v) is 2.36. The van der Waals surface area contributed by atoms with Crippen LogP contribution in [0.15, 0.2) is 23.8 Å². The van der Waals surface area contributed by atoms with Gasteiger partial charge in [-0.15, -0.1) is 0 Å². The quantitative estimate of drug-likeness (QED) is 0.265. The zero-order valence-electron chi connectivity index (χ0n) is 14.2. The molecular formula is C16H22O8. The average molecular weight is 342 g/mol. The van der Waals surface area contributed by atoms with Crippen LogP contribution in [0.1, 0.15) is 27.7 Å². The van der Waals surface area contributed by atoms with Gasteiger partial charge in [-0.25, -0.2) is 9.59 Å². The summed E-state index contributed by atoms with van der Waals surface area (Å²) in [6.07, 6.45) is 2.42. The minimum Gasteiger partial charge on any atom is -0.463 e. The van der Waals surface area contributed by atoms with E-state index in [1.165, 1.54) is 19.1 Å². The molecule has 0 saturated carbocycles. The molecule has 0 saturated heterocycles. The topological polar surface area (TPSA) is 105 Å². The number of carbonyl (C=O) groups is 4. The molecule has 0 heterocycles. The highest BCUT2D eigenvalue weighted by Crippen LogP contribution is 2.13. The predicted octanol–water partition coefficient (Wildman–Crippen LogP) is 1.09. The van der Waals surface area contributed by atoms with Crippen LogP contribution in [0.25, 0.3) is 0 Å². The second-order valence-electron chi connectivity index (χ2n) is 4.33. The highest BCUT2D eigenvalue weighted by Gasteiger charge is 2.24. The number of hydrogen-bond donors (Lipinski definition) is 0. The van der Waals surface area contributed by atoms with Crippen LogP contribution in [-0.2, 0) is 38.1 Å². The summed E-state index contributed by atoms with van der Waals surface area (Å²) >= 11 is 0. The molecule has 0 aromatic carbocycles. The summed E-state index contributed by atoms with van der Waals surface area (Å²) in [6, 6.07) is 0. The highest BCUT2D eigenvalue weighted by molar-refractivity contribution is 5.97. The smallest absolute Gasteiger partial charge is 0.338 e. The van der Waals surface area contributed by atoms with Gasteiger partial charge in [0.15, 0.2) is 6.10 Å². The van der Waals surface area contributed by atoms with Crippen molar-refractivity contribution in [3.8, 4) is 0 Å². The Balaban J connectivity index is 5.45. The van der Waals surface area contributed by atoms with Crippen molar-refractivity contribution in [2.45, 2.75) is 33.8 Å². The molecule has 1 unspecified atom stereocenters. The minimum atomic E-state index is -1.18. The van der Waals surface area contributed by atoms with E-state index in [1.54, 1.807) is 13.8 Å². The lowest BCUT2D eigenvalue weighted by atomic mass is 10.1. The van der Waals surface area contributed by atoms with E-state index >= 15 is 0 Å². The minimum absolute atomic E-state index is 0.0724. The molecule has 0 aliphatic rings. The van der Waals surface area contributed by atoms with Gasteiger partial charge in [0.2, 0.25) is 0 Å². The molecule has 24 heavy (non-hydrogen) atoms. The van der Waals surface area contributed by atoms with E-state index in [9.17, 15) is 19.2 Å². The maximum atomic E-state index is 12.0. The zero-order chi connectivity index (χ0) is 18.5. The van der Waals surface area contributed by atoms with Gasteiger partial charge in [-0.1, -0.05) is 0 Å². The van der Waals surface area contributed by atoms with E-state index in [-0.39, 0.29) is 25.4 Å². The molecule has 0 radical (unpaired) electrons. The first-order valence-electron chi connectivity index (χ1n) is 7.34. The first-order valence-corrected chi connectivity index (χ1v) is 7.34. The van der Waals surface area contributed by atoms with E-state index in [4.69, 9.17) is 18.9 Å². The molecule has 0 fully saturated rings. The molecule has 0 amide bonds. The van der Waals surface area contributed by atoms with Gasteiger partial charge in [-0.2, -0.15) is 0 Å². The van der Waals surface area contributed by atoms with E-state index < -0.39 is 30.0 Å². The summed E-state index contributed by atoms with van der Waals surface area (Å²) in [6.45, 7) is 5.70. The van der Waals surface area contributed by atoms with Gasteiger partial charge in [0, 0.05) is 19.9 Å². The van der Waals surface area contributed by atoms with Gasteiger partial charge in [0.05, 0.1) is 18.8 Å². The van der Waals surface area contributed by atoms with Crippen LogP contribution in [0.3, 0.4) is 0 Å². The van der Waals surface area contributed by atoms with Crippen molar-refractivity contribution >= 4 is 23.9 Å². The van der Waals surface area contributed by atoms with Crippen molar-refractivity contribution < 1.29 is 38.1 Å². The fourth-order valence-corrected chi connectivity index (χ4v) is 1.51. The molecular weight excluding hydrogens is 320 g/mol. The molecule has 1 atom stereocenters. The lowest BCUT2D eigenvalue weighted by Gasteiger charge is -2.16. The van der Waals surface area contributed by atoms with Gasteiger partial charge in [0.1, 0.15) is 6.61 Å². The molecule has 134 valence electrons. The summed E-state index contributed by atoms with van der Waals surface area (Å²) in [7, 11) is 0. The van der Waals surface area contributed by atoms with Crippen molar-refractivity contribution in [2.24, 2.45) is 0 Å². The molecule has 0 aromatic heterocycles. The third kappa shape index (κ3) is 9.39. The second kappa shape index (κ2) is 11.9. The van der Waals surface area contributed by atoms with Gasteiger partial charge < -0.3 is 18.9 Å². The Morgan fingerprint density at radius 3 is 2.04 bits per heavy atom. The molecule has 0 N–H and O–H groups in total. The Morgan fingerprint density at radius 2 is 1.54 bits per heavy atom. The normalized spacial score (nSPS) is 12.4. The molecule has 8 nitrogen and oxygen atoms in total. The van der Waals surface area contributed by atoms with Crippen LogP contribution in [0.5, 0.6) is 0 Å². The fraction of sp³-hybridized carbons (Fsp3) is 0.500. The number of rotatable bonds is 9. The number of ether oxygens (including phenoxy) is 4. The summed E-state index contributed by atoms with van der Waals surface area (Å²) in [5.41, 5.74) is -0.204. The molecule has 0 spiro atoms. The van der Waals surface area contributed by atoms with Gasteiger partial charge >= 0.3 is 23.9 Å². The number of hydrogen-bond acceptors (Lipinski definition) is 8. The van der Waals surface area contributed by atoms with Gasteiger partial charge in [-0.05, 0) is 26.0 Å². The number of esters is 4. The van der Waals surface area contributed by atoms with Crippen molar-refractivity contribution in [1.82, 2.24) is 0 Å². The van der Waals surface area contributed by atoms with E-state index in [0.29, 0.717) is 0 Å². The van der Waals surface area contributed by atoms with Crippen LogP contribution < -0.4 is 0 Å². The summed E-state index contributed by atoms with van der Waals surface area (Å²) in [5.74, 6) is -2.76. The molecule has 0 rings (SSSR count). The van der Waals surface area contributed by atoms with Gasteiger partial charge in [0.25, 0.3) is 0 Å². The first-order chi connectivity index (χ1) is 11.3. The van der Waals surface area contributed by atoms with Crippen molar-refractivity contribution in [3.63, 3.8) is 0 Å². The third-order valence-electron chi connectivity index (χ3n) is 2.36. The monoisotopic (exact) mass is 342 g/mol. The van der Waals surface area contributed by atoms with E-state index in [1.807, 2.05) is 0 Å². The maximum absolute atomic E-state index is 12.0. The van der Waals surface area contributed by atoms with E-state index in [0.717, 1.165) is 13.0 Å². The molecule has 8 heteroatoms. The maximum Gasteiger partial charge on any atom is 0.338 e. The fourth-order valence-electron chi connectivity index (χ4n) is 1.51. The Hall–Kier alpha value is -2.64. The Bertz CT molecular complexity index is 518. The summed E-state index contributed by atoms with van der Waals surface area (Å²) in [4.78, 5) is 45.6. The second-order valence-corrected chi connectivity index (χ2v) is 4.33. The van der Waals surface area contributed by atoms with Crippen LogP contribution in [-0.4, -0.2) is 49.8 Å². The SMILES string of the molecule is CCOC(=O)/C=C(/C(=O)OCC)C(C=CCOC(C)=O)OC(C)=O. The molecule has 0 aliphatic heterocycles. The van der Waals surface area contributed by atoms with Crippen LogP contribution >= 0.6 is 0 Å². The van der Waals surface area contributed by atoms with Crippen molar-refractivity contribution in [2.75, 3.05) is 19.8 Å². The van der Waals surface area contributed by atoms with Crippen LogP contribution in [0.2, 0.25) is 0 Å². The predicted molar refractivity (Wildman–Crippen MR) is 82.7 cm³/mol. The largest absolute Gasteiger partial charge is 0.463 e. The van der Waals surface area contributed by atoms with Crippen molar-refractivity contribution in [3.05, 3.63) is 23.8 Å². The Labute approximate surface area is 140 Å². The highest BCUT2D eigenvalue weighted by atomic mass is 16.6. The Kier molecular flexibility index (Phi) is 10.6. The standard InChI is InChI=1S/C16H22O8/c1-5-21-15(19)10-13(16(20)22-6-2)14(24-12(4)18)8-7-9-23-11(3)17/h7-8,10,14H,5-6,9H2,1-4H3/b8-7?,13-10+. The van der Waals surface area contributed by atoms with Crippen LogP contribution in [0.4, 0.5) is 0 Å².